The van der Waals surface area contributed by atoms with Crippen LogP contribution in [-0.4, -0.2) is 23.4 Å². The number of para-hydroxylation sites is 1. The van der Waals surface area contributed by atoms with Crippen molar-refractivity contribution in [3.8, 4) is 5.75 Å². The van der Waals surface area contributed by atoms with Gasteiger partial charge in [0, 0.05) is 11.3 Å². The average molecular weight is 454 g/mol. The Hall–Kier alpha value is -3.86. The van der Waals surface area contributed by atoms with Crippen LogP contribution in [0.15, 0.2) is 78.4 Å². The van der Waals surface area contributed by atoms with Crippen LogP contribution in [0.25, 0.3) is 5.76 Å². The minimum atomic E-state index is -0.742. The summed E-state index contributed by atoms with van der Waals surface area (Å²) in [5.41, 5.74) is 4.50. The van der Waals surface area contributed by atoms with Crippen LogP contribution in [0.3, 0.4) is 0 Å². The first-order valence-corrected chi connectivity index (χ1v) is 11.8. The van der Waals surface area contributed by atoms with Crippen molar-refractivity contribution < 1.29 is 19.4 Å². The van der Waals surface area contributed by atoms with Gasteiger partial charge in [0.1, 0.15) is 11.5 Å². The first kappa shape index (κ1) is 22.0. The van der Waals surface area contributed by atoms with Crippen molar-refractivity contribution in [1.29, 1.82) is 0 Å². The molecule has 1 fully saturated rings. The first-order chi connectivity index (χ1) is 16.6. The molecule has 34 heavy (non-hydrogen) atoms. The van der Waals surface area contributed by atoms with Gasteiger partial charge in [-0.15, -0.1) is 0 Å². The zero-order chi connectivity index (χ0) is 23.7. The maximum Gasteiger partial charge on any atom is 0.300 e. The molecule has 1 N–H and O–H groups in total. The summed E-state index contributed by atoms with van der Waals surface area (Å²) in [6, 6.07) is 21.6. The van der Waals surface area contributed by atoms with Gasteiger partial charge in [0.05, 0.1) is 18.2 Å². The van der Waals surface area contributed by atoms with E-state index in [0.29, 0.717) is 23.6 Å². The molecule has 3 aromatic rings. The van der Waals surface area contributed by atoms with E-state index in [-0.39, 0.29) is 11.3 Å². The van der Waals surface area contributed by atoms with E-state index in [1.807, 2.05) is 67.6 Å². The molecule has 5 nitrogen and oxygen atoms in total. The van der Waals surface area contributed by atoms with Crippen LogP contribution in [0.2, 0.25) is 0 Å². The van der Waals surface area contributed by atoms with Crippen molar-refractivity contribution in [2.45, 2.75) is 38.6 Å². The predicted octanol–water partition coefficient (Wildman–Crippen LogP) is 5.59. The molecular formula is C29H27NO4. The van der Waals surface area contributed by atoms with Gasteiger partial charge in [-0.05, 0) is 79.6 Å². The van der Waals surface area contributed by atoms with Gasteiger partial charge < -0.3 is 9.84 Å². The van der Waals surface area contributed by atoms with Crippen LogP contribution >= 0.6 is 0 Å². The minimum absolute atomic E-state index is 0.105. The fourth-order valence-corrected chi connectivity index (χ4v) is 4.95. The molecule has 1 unspecified atom stereocenters. The van der Waals surface area contributed by atoms with Crippen LogP contribution in [0, 0.1) is 0 Å². The van der Waals surface area contributed by atoms with Crippen molar-refractivity contribution in [1.82, 2.24) is 0 Å². The summed E-state index contributed by atoms with van der Waals surface area (Å²) in [6.07, 6.45) is 4.26. The molecule has 2 aliphatic rings. The number of carbonyl (C=O) groups is 2. The molecule has 1 amide bonds. The second-order valence-electron chi connectivity index (χ2n) is 8.70. The summed E-state index contributed by atoms with van der Waals surface area (Å²) in [7, 11) is 0. The van der Waals surface area contributed by atoms with Crippen molar-refractivity contribution in [2.75, 3.05) is 11.5 Å². The maximum absolute atomic E-state index is 13.3. The Morgan fingerprint density at radius 3 is 2.35 bits per heavy atom. The van der Waals surface area contributed by atoms with Crippen molar-refractivity contribution in [3.63, 3.8) is 0 Å². The smallest absolute Gasteiger partial charge is 0.300 e. The molecule has 1 heterocycles. The Balaban J connectivity index is 1.66. The molecule has 5 rings (SSSR count). The molecule has 0 radical (unpaired) electrons. The van der Waals surface area contributed by atoms with Gasteiger partial charge in [0.25, 0.3) is 11.7 Å². The van der Waals surface area contributed by atoms with Gasteiger partial charge in [-0.25, -0.2) is 0 Å². The average Bonchev–Trinajstić information content (AvgIpc) is 3.14. The molecule has 1 aliphatic carbocycles. The lowest BCUT2D eigenvalue weighted by molar-refractivity contribution is -0.132. The van der Waals surface area contributed by atoms with Crippen LogP contribution in [0.4, 0.5) is 5.69 Å². The molecule has 1 aliphatic heterocycles. The van der Waals surface area contributed by atoms with E-state index in [1.54, 1.807) is 12.1 Å². The molecule has 0 bridgehead atoms. The monoisotopic (exact) mass is 453 g/mol. The van der Waals surface area contributed by atoms with E-state index in [0.717, 1.165) is 31.2 Å². The number of aryl methyl sites for hydroxylation is 2. The van der Waals surface area contributed by atoms with Crippen molar-refractivity contribution in [2.24, 2.45) is 0 Å². The lowest BCUT2D eigenvalue weighted by atomic mass is 9.88. The fraction of sp³-hybridized carbons (Fsp3) is 0.241. The summed E-state index contributed by atoms with van der Waals surface area (Å²) in [4.78, 5) is 28.0. The maximum atomic E-state index is 13.3. The molecule has 0 spiro atoms. The van der Waals surface area contributed by atoms with Crippen LogP contribution in [-0.2, 0) is 22.4 Å². The molecule has 5 heteroatoms. The molecule has 0 saturated carbocycles. The Morgan fingerprint density at radius 1 is 0.941 bits per heavy atom. The topological polar surface area (TPSA) is 66.8 Å². The first-order valence-electron chi connectivity index (χ1n) is 11.8. The Bertz CT molecular complexity index is 1260. The number of ether oxygens (including phenoxy) is 1. The summed E-state index contributed by atoms with van der Waals surface area (Å²) >= 11 is 0. The molecule has 0 aromatic heterocycles. The fourth-order valence-electron chi connectivity index (χ4n) is 4.95. The quantitative estimate of drug-likeness (QED) is 0.311. The number of nitrogens with zero attached hydrogens (tertiary/aromatic N) is 1. The Morgan fingerprint density at radius 2 is 1.65 bits per heavy atom. The number of hydrogen-bond donors (Lipinski definition) is 1. The number of anilines is 1. The highest BCUT2D eigenvalue weighted by molar-refractivity contribution is 6.51. The molecule has 3 aromatic carbocycles. The number of rotatable bonds is 5. The number of benzene rings is 3. The van der Waals surface area contributed by atoms with Crippen LogP contribution in [0.1, 0.15) is 48.1 Å². The second-order valence-corrected chi connectivity index (χ2v) is 8.70. The SMILES string of the molecule is CCOc1ccc(C2/C(=C(/O)c3ccc4c(c3)CCCC4)C(=O)C(=O)N2c2ccccc2)cc1. The third-order valence-corrected chi connectivity index (χ3v) is 6.61. The summed E-state index contributed by atoms with van der Waals surface area (Å²) in [6.45, 7) is 2.46. The summed E-state index contributed by atoms with van der Waals surface area (Å²) < 4.78 is 5.56. The Kier molecular flexibility index (Phi) is 5.93. The largest absolute Gasteiger partial charge is 0.507 e. The van der Waals surface area contributed by atoms with Crippen LogP contribution in [0.5, 0.6) is 5.75 Å². The van der Waals surface area contributed by atoms with E-state index in [1.165, 1.54) is 16.0 Å². The highest BCUT2D eigenvalue weighted by atomic mass is 16.5. The third kappa shape index (κ3) is 3.87. The number of amides is 1. The van der Waals surface area contributed by atoms with Gasteiger partial charge in [-0.3, -0.25) is 14.5 Å². The number of carbonyl (C=O) groups excluding carboxylic acids is 2. The van der Waals surface area contributed by atoms with E-state index >= 15 is 0 Å². The van der Waals surface area contributed by atoms with E-state index in [2.05, 4.69) is 0 Å². The Labute approximate surface area is 199 Å². The van der Waals surface area contributed by atoms with E-state index in [9.17, 15) is 14.7 Å². The number of hydrogen-bond acceptors (Lipinski definition) is 4. The van der Waals surface area contributed by atoms with E-state index in [4.69, 9.17) is 4.74 Å². The highest BCUT2D eigenvalue weighted by Crippen LogP contribution is 2.42. The summed E-state index contributed by atoms with van der Waals surface area (Å²) in [5.74, 6) is -0.760. The molecule has 1 atom stereocenters. The zero-order valence-corrected chi connectivity index (χ0v) is 19.2. The lowest BCUT2D eigenvalue weighted by Crippen LogP contribution is -2.29. The molecule has 1 saturated heterocycles. The van der Waals surface area contributed by atoms with Gasteiger partial charge in [-0.2, -0.15) is 0 Å². The standard InChI is InChI=1S/C29H27NO4/c1-2-34-24-16-14-20(15-17-24)26-25(28(32)29(33)30(26)23-10-4-3-5-11-23)27(31)22-13-12-19-8-6-7-9-21(19)18-22/h3-5,10-18,26,31H,2,6-9H2,1H3/b27-25-. The number of aliphatic hydroxyl groups is 1. The van der Waals surface area contributed by atoms with Gasteiger partial charge in [0.15, 0.2) is 0 Å². The zero-order valence-electron chi connectivity index (χ0n) is 19.2. The molecular weight excluding hydrogens is 426 g/mol. The second kappa shape index (κ2) is 9.18. The van der Waals surface area contributed by atoms with Gasteiger partial charge in [-0.1, -0.05) is 42.5 Å². The number of aliphatic hydroxyl groups excluding tert-OH is 1. The molecule has 172 valence electrons. The number of fused-ring (bicyclic) bond motifs is 1. The lowest BCUT2D eigenvalue weighted by Gasteiger charge is -2.25. The third-order valence-electron chi connectivity index (χ3n) is 6.61. The van der Waals surface area contributed by atoms with Gasteiger partial charge in [0.2, 0.25) is 0 Å². The van der Waals surface area contributed by atoms with Crippen molar-refractivity contribution >= 4 is 23.1 Å². The van der Waals surface area contributed by atoms with Crippen LogP contribution < -0.4 is 9.64 Å². The van der Waals surface area contributed by atoms with Crippen molar-refractivity contribution in [3.05, 3.63) is 101 Å². The summed E-state index contributed by atoms with van der Waals surface area (Å²) in [5, 5.41) is 11.4. The van der Waals surface area contributed by atoms with E-state index < -0.39 is 17.7 Å². The number of ketones is 1. The predicted molar refractivity (Wildman–Crippen MR) is 132 cm³/mol. The minimum Gasteiger partial charge on any atom is -0.507 e. The normalized spacial score (nSPS) is 19.2. The number of Topliss-reactive ketones (excluding diaryl/α,β-unsaturated/α-hetero) is 1. The van der Waals surface area contributed by atoms with Gasteiger partial charge >= 0.3 is 0 Å². The highest BCUT2D eigenvalue weighted by Gasteiger charge is 2.47.